The van der Waals surface area contributed by atoms with Crippen LogP contribution >= 0.6 is 0 Å². The third-order valence-electron chi connectivity index (χ3n) is 6.00. The van der Waals surface area contributed by atoms with Crippen LogP contribution in [0.2, 0.25) is 0 Å². The summed E-state index contributed by atoms with van der Waals surface area (Å²) >= 11 is 0. The molecule has 4 rings (SSSR count). The number of aliphatic carboxylic acids is 2. The minimum atomic E-state index is -5.08. The number of rotatable bonds is 3. The second kappa shape index (κ2) is 13.2. The van der Waals surface area contributed by atoms with Gasteiger partial charge in [-0.2, -0.15) is 26.3 Å². The Morgan fingerprint density at radius 1 is 1.00 bits per heavy atom. The lowest BCUT2D eigenvalue weighted by atomic mass is 9.87. The molecule has 0 amide bonds. The number of carbonyl (C=O) groups is 2. The summed E-state index contributed by atoms with van der Waals surface area (Å²) in [5, 5.41) is 14.2. The number of hydrogen-bond donors (Lipinski definition) is 2. The van der Waals surface area contributed by atoms with E-state index in [-0.39, 0.29) is 11.7 Å². The van der Waals surface area contributed by atoms with Crippen LogP contribution in [0, 0.1) is 0 Å². The molecule has 9 nitrogen and oxygen atoms in total. The van der Waals surface area contributed by atoms with E-state index in [1.165, 1.54) is 12.8 Å². The van der Waals surface area contributed by atoms with Gasteiger partial charge in [0, 0.05) is 51.0 Å². The summed E-state index contributed by atoms with van der Waals surface area (Å²) in [5.41, 5.74) is 0.0289. The smallest absolute Gasteiger partial charge is 0.475 e. The summed E-state index contributed by atoms with van der Waals surface area (Å²) in [5.74, 6) is -4.81. The number of carboxylic acids is 2. The van der Waals surface area contributed by atoms with Crippen molar-refractivity contribution in [2.45, 2.75) is 62.2 Å². The molecule has 1 aromatic rings. The summed E-state index contributed by atoms with van der Waals surface area (Å²) < 4.78 is 81.1. The molecule has 3 saturated heterocycles. The molecule has 0 saturated carbocycles. The molecular formula is C22H28F6N2O7. The van der Waals surface area contributed by atoms with E-state index in [1.54, 1.807) is 6.20 Å². The summed E-state index contributed by atoms with van der Waals surface area (Å²) in [7, 11) is 0. The molecule has 0 bridgehead atoms. The van der Waals surface area contributed by atoms with Crippen LogP contribution in [0.1, 0.15) is 32.1 Å². The third kappa shape index (κ3) is 10.3. The van der Waals surface area contributed by atoms with E-state index in [0.29, 0.717) is 18.5 Å². The maximum absolute atomic E-state index is 10.6. The zero-order chi connectivity index (χ0) is 27.7. The van der Waals surface area contributed by atoms with Crippen molar-refractivity contribution >= 4 is 11.9 Å². The van der Waals surface area contributed by atoms with Crippen LogP contribution < -0.4 is 4.74 Å². The number of carboxylic acid groups (broad SMARTS) is 2. The van der Waals surface area contributed by atoms with E-state index in [0.717, 1.165) is 45.6 Å². The largest absolute Gasteiger partial charge is 0.490 e. The van der Waals surface area contributed by atoms with Crippen molar-refractivity contribution in [1.82, 2.24) is 9.88 Å². The molecule has 210 valence electrons. The average molecular weight is 546 g/mol. The second-order valence-electron chi connectivity index (χ2n) is 8.59. The molecule has 3 aliphatic heterocycles. The van der Waals surface area contributed by atoms with Crippen LogP contribution in [-0.4, -0.2) is 95.0 Å². The fourth-order valence-corrected chi connectivity index (χ4v) is 4.16. The number of likely N-dealkylation sites (tertiary alicyclic amines) is 1. The number of ether oxygens (including phenoxy) is 3. The molecule has 3 aliphatic rings. The van der Waals surface area contributed by atoms with Crippen molar-refractivity contribution in [3.05, 3.63) is 24.4 Å². The molecule has 37 heavy (non-hydrogen) atoms. The Balaban J connectivity index is 0.000000286. The summed E-state index contributed by atoms with van der Waals surface area (Å²) in [6.07, 6.45) is -2.67. The van der Waals surface area contributed by atoms with E-state index in [4.69, 9.17) is 34.0 Å². The highest BCUT2D eigenvalue weighted by Crippen LogP contribution is 2.38. The third-order valence-corrected chi connectivity index (χ3v) is 6.00. The topological polar surface area (TPSA) is 118 Å². The molecule has 1 aromatic heterocycles. The van der Waals surface area contributed by atoms with Gasteiger partial charge in [-0.25, -0.2) is 14.6 Å². The summed E-state index contributed by atoms with van der Waals surface area (Å²) in [4.78, 5) is 24.7. The normalized spacial score (nSPS) is 22.3. The first-order valence-electron chi connectivity index (χ1n) is 11.4. The van der Waals surface area contributed by atoms with Crippen LogP contribution in [0.5, 0.6) is 5.88 Å². The number of halogens is 6. The SMILES string of the molecule is O=C(O)C(F)(F)F.O=C(O)C(F)(F)F.c1ccc(OC2COC3(CCN(C4CCOCC4)CC3)C2)nc1. The molecule has 4 heterocycles. The van der Waals surface area contributed by atoms with Crippen LogP contribution in [0.4, 0.5) is 26.3 Å². The van der Waals surface area contributed by atoms with Crippen molar-refractivity contribution < 1.29 is 60.4 Å². The second-order valence-corrected chi connectivity index (χ2v) is 8.59. The Kier molecular flexibility index (Phi) is 10.9. The predicted octanol–water partition coefficient (Wildman–Crippen LogP) is 3.53. The van der Waals surface area contributed by atoms with Gasteiger partial charge in [0.2, 0.25) is 5.88 Å². The molecule has 1 spiro atoms. The molecule has 1 unspecified atom stereocenters. The minimum absolute atomic E-state index is 0.0289. The Bertz CT molecular complexity index is 831. The lowest BCUT2D eigenvalue weighted by Crippen LogP contribution is -2.49. The van der Waals surface area contributed by atoms with E-state index in [1.807, 2.05) is 18.2 Å². The summed E-state index contributed by atoms with van der Waals surface area (Å²) in [6, 6.07) is 6.49. The van der Waals surface area contributed by atoms with Gasteiger partial charge in [-0.05, 0) is 31.7 Å². The molecule has 0 aliphatic carbocycles. The standard InChI is InChI=1S/C18H26N2O3.2C2HF3O2/c1-2-8-19-17(3-1)23-16-13-18(22-14-16)6-9-20(10-7-18)15-4-11-21-12-5-15;2*3-2(4,5)1(6)7/h1-3,8,15-16H,4-7,9-14H2;2*(H,6,7). The van der Waals surface area contributed by atoms with Gasteiger partial charge in [0.1, 0.15) is 6.10 Å². The molecule has 1 atom stereocenters. The molecule has 0 aromatic carbocycles. The Labute approximate surface area is 208 Å². The van der Waals surface area contributed by atoms with Gasteiger partial charge in [-0.15, -0.1) is 0 Å². The van der Waals surface area contributed by atoms with Gasteiger partial charge in [-0.3, -0.25) is 4.90 Å². The van der Waals surface area contributed by atoms with Crippen LogP contribution in [0.15, 0.2) is 24.4 Å². The molecule has 0 radical (unpaired) electrons. The molecular weight excluding hydrogens is 518 g/mol. The number of alkyl halides is 6. The van der Waals surface area contributed by atoms with E-state index in [9.17, 15) is 26.3 Å². The highest BCUT2D eigenvalue weighted by atomic mass is 19.4. The maximum atomic E-state index is 10.6. The van der Waals surface area contributed by atoms with Crippen molar-refractivity contribution in [3.63, 3.8) is 0 Å². The monoisotopic (exact) mass is 546 g/mol. The Morgan fingerprint density at radius 3 is 2.00 bits per heavy atom. The van der Waals surface area contributed by atoms with Gasteiger partial charge in [0.05, 0.1) is 12.2 Å². The van der Waals surface area contributed by atoms with Gasteiger partial charge in [-0.1, -0.05) is 6.07 Å². The zero-order valence-corrected chi connectivity index (χ0v) is 19.6. The highest BCUT2D eigenvalue weighted by molar-refractivity contribution is 5.73. The Hall–Kier alpha value is -2.65. The van der Waals surface area contributed by atoms with Crippen molar-refractivity contribution in [3.8, 4) is 5.88 Å². The lowest BCUT2D eigenvalue weighted by molar-refractivity contribution is -0.193. The first-order valence-corrected chi connectivity index (χ1v) is 11.4. The van der Waals surface area contributed by atoms with Gasteiger partial charge in [0.15, 0.2) is 0 Å². The number of nitrogens with zero attached hydrogens (tertiary/aromatic N) is 2. The van der Waals surface area contributed by atoms with Crippen LogP contribution in [-0.2, 0) is 19.1 Å². The van der Waals surface area contributed by atoms with E-state index >= 15 is 0 Å². The molecule has 3 fully saturated rings. The number of piperidine rings is 1. The predicted molar refractivity (Wildman–Crippen MR) is 114 cm³/mol. The van der Waals surface area contributed by atoms with Gasteiger partial charge < -0.3 is 24.4 Å². The van der Waals surface area contributed by atoms with Crippen molar-refractivity contribution in [1.29, 1.82) is 0 Å². The first kappa shape index (κ1) is 30.6. The van der Waals surface area contributed by atoms with E-state index in [2.05, 4.69) is 9.88 Å². The fourth-order valence-electron chi connectivity index (χ4n) is 4.16. The van der Waals surface area contributed by atoms with Crippen molar-refractivity contribution in [2.24, 2.45) is 0 Å². The zero-order valence-electron chi connectivity index (χ0n) is 19.6. The first-order chi connectivity index (χ1) is 17.2. The number of hydrogen-bond acceptors (Lipinski definition) is 7. The van der Waals surface area contributed by atoms with Gasteiger partial charge >= 0.3 is 24.3 Å². The Morgan fingerprint density at radius 2 is 1.54 bits per heavy atom. The summed E-state index contributed by atoms with van der Waals surface area (Å²) in [6.45, 7) is 4.81. The van der Waals surface area contributed by atoms with E-state index < -0.39 is 24.3 Å². The lowest BCUT2D eigenvalue weighted by Gasteiger charge is -2.43. The fraction of sp³-hybridized carbons (Fsp3) is 0.682. The highest BCUT2D eigenvalue weighted by Gasteiger charge is 2.44. The van der Waals surface area contributed by atoms with Gasteiger partial charge in [0.25, 0.3) is 0 Å². The van der Waals surface area contributed by atoms with Crippen LogP contribution in [0.25, 0.3) is 0 Å². The average Bonchev–Trinajstić information content (AvgIpc) is 3.22. The quantitative estimate of drug-likeness (QED) is 0.549. The number of aromatic nitrogens is 1. The van der Waals surface area contributed by atoms with Crippen molar-refractivity contribution in [2.75, 3.05) is 32.9 Å². The molecule has 2 N–H and O–H groups in total. The molecule has 15 heteroatoms. The number of pyridine rings is 1. The van der Waals surface area contributed by atoms with Crippen LogP contribution in [0.3, 0.4) is 0 Å². The maximum Gasteiger partial charge on any atom is 0.490 e. The minimum Gasteiger partial charge on any atom is -0.475 e.